The Morgan fingerprint density at radius 1 is 1.45 bits per heavy atom. The molecule has 0 aromatic rings. The van der Waals surface area contributed by atoms with E-state index in [-0.39, 0.29) is 24.9 Å². The molecular formula is C13H21NO6. The Bertz CT molecular complexity index is 364. The smallest absolute Gasteiger partial charge is 0.326 e. The average Bonchev–Trinajstić information content (AvgIpc) is 2.91. The Kier molecular flexibility index (Phi) is 6.44. The molecule has 1 fully saturated rings. The lowest BCUT2D eigenvalue weighted by Crippen LogP contribution is -2.45. The van der Waals surface area contributed by atoms with Crippen LogP contribution < -0.4 is 5.32 Å². The second-order valence-corrected chi connectivity index (χ2v) is 4.85. The maximum atomic E-state index is 11.9. The molecule has 3 atom stereocenters. The molecular weight excluding hydrogens is 266 g/mol. The summed E-state index contributed by atoms with van der Waals surface area (Å²) in [4.78, 5) is 34.5. The second-order valence-electron chi connectivity index (χ2n) is 4.85. The lowest BCUT2D eigenvalue weighted by molar-refractivity contribution is -0.149. The van der Waals surface area contributed by atoms with E-state index in [4.69, 9.17) is 14.6 Å². The van der Waals surface area contributed by atoms with Crippen molar-refractivity contribution in [3.05, 3.63) is 0 Å². The summed E-state index contributed by atoms with van der Waals surface area (Å²) in [7, 11) is 0. The predicted molar refractivity (Wildman–Crippen MR) is 68.9 cm³/mol. The minimum absolute atomic E-state index is 0.00742. The van der Waals surface area contributed by atoms with Gasteiger partial charge in [0.2, 0.25) is 5.91 Å². The van der Waals surface area contributed by atoms with Gasteiger partial charge in [0.15, 0.2) is 0 Å². The number of carboxylic acid groups (broad SMARTS) is 1. The lowest BCUT2D eigenvalue weighted by Gasteiger charge is -2.19. The SMILES string of the molecule is CCOC(=O)[C@@H](C)C[C@@H](NC(=O)[C@@H]1CCOC1)C(=O)O. The first-order valence-electron chi connectivity index (χ1n) is 6.73. The van der Waals surface area contributed by atoms with Gasteiger partial charge in [0.25, 0.3) is 0 Å². The Labute approximate surface area is 117 Å². The average molecular weight is 287 g/mol. The highest BCUT2D eigenvalue weighted by Gasteiger charge is 2.30. The standard InChI is InChI=1S/C13H21NO6/c1-3-20-13(18)8(2)6-10(12(16)17)14-11(15)9-4-5-19-7-9/h8-10H,3-7H2,1-2H3,(H,14,15)(H,16,17)/t8-,9+,10+/m0/s1. The quantitative estimate of drug-likeness (QED) is 0.648. The molecule has 0 radical (unpaired) electrons. The van der Waals surface area contributed by atoms with Gasteiger partial charge in [0.05, 0.1) is 25.0 Å². The van der Waals surface area contributed by atoms with E-state index in [9.17, 15) is 14.4 Å². The van der Waals surface area contributed by atoms with Crippen LogP contribution in [0.25, 0.3) is 0 Å². The number of hydrogen-bond acceptors (Lipinski definition) is 5. The first-order chi connectivity index (χ1) is 9.45. The normalized spacial score (nSPS) is 21.0. The van der Waals surface area contributed by atoms with Gasteiger partial charge in [-0.15, -0.1) is 0 Å². The third-order valence-electron chi connectivity index (χ3n) is 3.19. The van der Waals surface area contributed by atoms with Crippen molar-refractivity contribution < 1.29 is 29.0 Å². The molecule has 1 heterocycles. The maximum absolute atomic E-state index is 11.9. The minimum Gasteiger partial charge on any atom is -0.480 e. The van der Waals surface area contributed by atoms with Gasteiger partial charge in [-0.05, 0) is 19.8 Å². The number of aliphatic carboxylic acids is 1. The summed E-state index contributed by atoms with van der Waals surface area (Å²) in [5, 5.41) is 11.6. The van der Waals surface area contributed by atoms with Crippen molar-refractivity contribution in [1.82, 2.24) is 5.32 Å². The zero-order valence-electron chi connectivity index (χ0n) is 11.8. The van der Waals surface area contributed by atoms with E-state index in [1.165, 1.54) is 0 Å². The first kappa shape index (κ1) is 16.4. The molecule has 1 rings (SSSR count). The van der Waals surface area contributed by atoms with Gasteiger partial charge < -0.3 is 19.9 Å². The summed E-state index contributed by atoms with van der Waals surface area (Å²) in [6.07, 6.45) is 0.596. The third-order valence-corrected chi connectivity index (χ3v) is 3.19. The van der Waals surface area contributed by atoms with Crippen molar-refractivity contribution in [1.29, 1.82) is 0 Å². The molecule has 0 unspecified atom stereocenters. The van der Waals surface area contributed by atoms with Crippen LogP contribution in [-0.4, -0.2) is 48.8 Å². The van der Waals surface area contributed by atoms with Gasteiger partial charge in [0, 0.05) is 6.61 Å². The van der Waals surface area contributed by atoms with Gasteiger partial charge >= 0.3 is 11.9 Å². The van der Waals surface area contributed by atoms with Crippen LogP contribution in [0.5, 0.6) is 0 Å². The Balaban J connectivity index is 2.53. The fraction of sp³-hybridized carbons (Fsp3) is 0.769. The number of nitrogens with one attached hydrogen (secondary N) is 1. The summed E-state index contributed by atoms with van der Waals surface area (Å²) in [5.41, 5.74) is 0. The van der Waals surface area contributed by atoms with Crippen LogP contribution in [-0.2, 0) is 23.9 Å². The van der Waals surface area contributed by atoms with E-state index in [1.54, 1.807) is 13.8 Å². The zero-order valence-corrected chi connectivity index (χ0v) is 11.8. The molecule has 0 aromatic carbocycles. The predicted octanol–water partition coefficient (Wildman–Crippen LogP) is 0.182. The van der Waals surface area contributed by atoms with E-state index in [2.05, 4.69) is 5.32 Å². The maximum Gasteiger partial charge on any atom is 0.326 e. The number of rotatable bonds is 7. The van der Waals surface area contributed by atoms with Crippen LogP contribution >= 0.6 is 0 Å². The van der Waals surface area contributed by atoms with Gasteiger partial charge in [-0.1, -0.05) is 6.92 Å². The lowest BCUT2D eigenvalue weighted by atomic mass is 10.0. The van der Waals surface area contributed by atoms with Crippen LogP contribution in [0.2, 0.25) is 0 Å². The highest BCUT2D eigenvalue weighted by Crippen LogP contribution is 2.14. The van der Waals surface area contributed by atoms with Gasteiger partial charge in [-0.25, -0.2) is 4.79 Å². The van der Waals surface area contributed by atoms with Crippen LogP contribution in [0.15, 0.2) is 0 Å². The number of hydrogen-bond donors (Lipinski definition) is 2. The van der Waals surface area contributed by atoms with E-state index in [1.807, 2.05) is 0 Å². The van der Waals surface area contributed by atoms with E-state index in [0.717, 1.165) is 0 Å². The molecule has 114 valence electrons. The van der Waals surface area contributed by atoms with Gasteiger partial charge in [-0.2, -0.15) is 0 Å². The summed E-state index contributed by atoms with van der Waals surface area (Å²) < 4.78 is 9.91. The molecule has 0 saturated carbocycles. The molecule has 1 aliphatic heterocycles. The van der Waals surface area contributed by atoms with Gasteiger partial charge in [-0.3, -0.25) is 9.59 Å². The van der Waals surface area contributed by atoms with E-state index >= 15 is 0 Å². The van der Waals surface area contributed by atoms with Crippen molar-refractivity contribution in [2.75, 3.05) is 19.8 Å². The third kappa shape index (κ3) is 4.80. The molecule has 2 N–H and O–H groups in total. The number of esters is 1. The highest BCUT2D eigenvalue weighted by molar-refractivity contribution is 5.85. The van der Waals surface area contributed by atoms with Crippen LogP contribution in [0.4, 0.5) is 0 Å². The number of carbonyl (C=O) groups is 3. The summed E-state index contributed by atoms with van der Waals surface area (Å²) in [6, 6.07) is -1.09. The summed E-state index contributed by atoms with van der Waals surface area (Å²) >= 11 is 0. The Hall–Kier alpha value is -1.63. The summed E-state index contributed by atoms with van der Waals surface area (Å²) in [5.74, 6) is -2.86. The van der Waals surface area contributed by atoms with E-state index in [0.29, 0.717) is 19.6 Å². The molecule has 7 heteroatoms. The number of carboxylic acids is 1. The first-order valence-corrected chi connectivity index (χ1v) is 6.73. The molecule has 0 aliphatic carbocycles. The Morgan fingerprint density at radius 3 is 2.65 bits per heavy atom. The molecule has 1 aliphatic rings. The van der Waals surface area contributed by atoms with E-state index < -0.39 is 23.9 Å². The fourth-order valence-corrected chi connectivity index (χ4v) is 1.99. The minimum atomic E-state index is -1.16. The Morgan fingerprint density at radius 2 is 2.15 bits per heavy atom. The summed E-state index contributed by atoms with van der Waals surface area (Å²) in [6.45, 7) is 4.33. The molecule has 0 aromatic heterocycles. The number of ether oxygens (including phenoxy) is 2. The largest absolute Gasteiger partial charge is 0.480 e. The van der Waals surface area contributed by atoms with Crippen molar-refractivity contribution in [2.24, 2.45) is 11.8 Å². The topological polar surface area (TPSA) is 102 Å². The molecule has 1 amide bonds. The molecule has 20 heavy (non-hydrogen) atoms. The van der Waals surface area contributed by atoms with Crippen LogP contribution in [0.3, 0.4) is 0 Å². The molecule has 0 bridgehead atoms. The fourth-order valence-electron chi connectivity index (χ4n) is 1.99. The van der Waals surface area contributed by atoms with Crippen molar-refractivity contribution in [3.63, 3.8) is 0 Å². The number of amides is 1. The van der Waals surface area contributed by atoms with Crippen LogP contribution in [0, 0.1) is 11.8 Å². The zero-order chi connectivity index (χ0) is 15.1. The number of carbonyl (C=O) groups excluding carboxylic acids is 2. The molecule has 0 spiro atoms. The monoisotopic (exact) mass is 287 g/mol. The van der Waals surface area contributed by atoms with Crippen molar-refractivity contribution >= 4 is 17.8 Å². The second kappa shape index (κ2) is 7.84. The molecule has 1 saturated heterocycles. The molecule has 7 nitrogen and oxygen atoms in total. The highest BCUT2D eigenvalue weighted by atomic mass is 16.5. The van der Waals surface area contributed by atoms with Gasteiger partial charge in [0.1, 0.15) is 6.04 Å². The van der Waals surface area contributed by atoms with Crippen molar-refractivity contribution in [2.45, 2.75) is 32.7 Å². The van der Waals surface area contributed by atoms with Crippen molar-refractivity contribution in [3.8, 4) is 0 Å². The van der Waals surface area contributed by atoms with Crippen LogP contribution in [0.1, 0.15) is 26.7 Å².